The molecule has 6 nitrogen and oxygen atoms in total. The number of hydrogen-bond acceptors (Lipinski definition) is 5. The molecule has 0 amide bonds. The molecule has 0 aliphatic heterocycles. The van der Waals surface area contributed by atoms with Crippen LogP contribution in [0.15, 0.2) is 29.6 Å². The van der Waals surface area contributed by atoms with Crippen molar-refractivity contribution in [3.05, 3.63) is 24.4 Å². The van der Waals surface area contributed by atoms with Gasteiger partial charge in [-0.25, -0.2) is 0 Å². The second-order valence-electron chi connectivity index (χ2n) is 5.57. The number of aromatic nitrogens is 3. The van der Waals surface area contributed by atoms with Crippen molar-refractivity contribution < 1.29 is 9.90 Å². The van der Waals surface area contributed by atoms with Crippen molar-refractivity contribution in [2.24, 2.45) is 0 Å². The number of carbonyl (C=O) groups is 1. The molecule has 0 saturated heterocycles. The van der Waals surface area contributed by atoms with E-state index in [1.807, 2.05) is 28.8 Å². The lowest BCUT2D eigenvalue weighted by atomic mass is 9.99. The summed E-state index contributed by atoms with van der Waals surface area (Å²) in [5.74, 6) is -0.112. The van der Waals surface area contributed by atoms with Gasteiger partial charge in [-0.15, -0.1) is 10.2 Å². The first-order valence-corrected chi connectivity index (χ1v) is 8.01. The molecule has 1 fully saturated rings. The van der Waals surface area contributed by atoms with Gasteiger partial charge in [-0.3, -0.25) is 14.5 Å². The SMILES string of the molecule is CC(CCSc1nnc2ccccn12)(NC1CC1)C(=O)O. The van der Waals surface area contributed by atoms with Crippen LogP contribution in [-0.4, -0.2) is 43.0 Å². The summed E-state index contributed by atoms with van der Waals surface area (Å²) in [4.78, 5) is 11.5. The lowest BCUT2D eigenvalue weighted by Crippen LogP contribution is -2.50. The molecule has 0 radical (unpaired) electrons. The van der Waals surface area contributed by atoms with Crippen LogP contribution in [0.1, 0.15) is 26.2 Å². The van der Waals surface area contributed by atoms with E-state index < -0.39 is 11.5 Å². The minimum Gasteiger partial charge on any atom is -0.480 e. The largest absolute Gasteiger partial charge is 0.480 e. The monoisotopic (exact) mass is 306 g/mol. The average molecular weight is 306 g/mol. The van der Waals surface area contributed by atoms with Crippen LogP contribution in [0.2, 0.25) is 0 Å². The Kier molecular flexibility index (Phi) is 3.86. The van der Waals surface area contributed by atoms with Gasteiger partial charge >= 0.3 is 5.97 Å². The quantitative estimate of drug-likeness (QED) is 0.760. The fourth-order valence-corrected chi connectivity index (χ4v) is 3.27. The summed E-state index contributed by atoms with van der Waals surface area (Å²) in [6, 6.07) is 6.10. The predicted molar refractivity (Wildman–Crippen MR) is 80.5 cm³/mol. The third kappa shape index (κ3) is 3.19. The van der Waals surface area contributed by atoms with Crippen molar-refractivity contribution in [1.82, 2.24) is 19.9 Å². The normalized spacial score (nSPS) is 17.8. The van der Waals surface area contributed by atoms with Crippen LogP contribution in [0.4, 0.5) is 0 Å². The van der Waals surface area contributed by atoms with Crippen LogP contribution in [0.5, 0.6) is 0 Å². The summed E-state index contributed by atoms with van der Waals surface area (Å²) in [5.41, 5.74) is -0.0635. The van der Waals surface area contributed by atoms with Crippen LogP contribution in [0.3, 0.4) is 0 Å². The van der Waals surface area contributed by atoms with E-state index in [2.05, 4.69) is 15.5 Å². The number of nitrogens with one attached hydrogen (secondary N) is 1. The molecule has 3 rings (SSSR count). The van der Waals surface area contributed by atoms with Crippen LogP contribution in [0.25, 0.3) is 5.65 Å². The zero-order valence-electron chi connectivity index (χ0n) is 11.8. The maximum atomic E-state index is 11.5. The van der Waals surface area contributed by atoms with Gasteiger partial charge in [-0.05, 0) is 38.3 Å². The minimum atomic E-state index is -0.866. The summed E-state index contributed by atoms with van der Waals surface area (Å²) >= 11 is 1.53. The van der Waals surface area contributed by atoms with Crippen molar-refractivity contribution in [2.45, 2.75) is 42.9 Å². The highest BCUT2D eigenvalue weighted by Crippen LogP contribution is 2.26. The fraction of sp³-hybridized carbons (Fsp3) is 0.500. The highest BCUT2D eigenvalue weighted by molar-refractivity contribution is 7.99. The molecule has 2 aromatic rings. The van der Waals surface area contributed by atoms with Crippen LogP contribution in [0, 0.1) is 0 Å². The fourth-order valence-electron chi connectivity index (χ4n) is 2.18. The van der Waals surface area contributed by atoms with Gasteiger partial charge in [0.25, 0.3) is 0 Å². The Labute approximate surface area is 126 Å². The molecule has 21 heavy (non-hydrogen) atoms. The van der Waals surface area contributed by atoms with Crippen LogP contribution < -0.4 is 5.32 Å². The Hall–Kier alpha value is -1.60. The maximum Gasteiger partial charge on any atom is 0.323 e. The van der Waals surface area contributed by atoms with E-state index in [1.54, 1.807) is 6.92 Å². The topological polar surface area (TPSA) is 79.5 Å². The molecule has 0 bridgehead atoms. The summed E-state index contributed by atoms with van der Waals surface area (Å²) in [6.45, 7) is 1.76. The van der Waals surface area contributed by atoms with Gasteiger partial charge in [0.1, 0.15) is 5.54 Å². The van der Waals surface area contributed by atoms with Crippen LogP contribution >= 0.6 is 11.8 Å². The lowest BCUT2D eigenvalue weighted by Gasteiger charge is -2.26. The number of pyridine rings is 1. The van der Waals surface area contributed by atoms with Gasteiger partial charge < -0.3 is 5.11 Å². The number of carboxylic acids is 1. The molecular formula is C14H18N4O2S. The minimum absolute atomic E-state index is 0.366. The average Bonchev–Trinajstić information content (AvgIpc) is 3.17. The second kappa shape index (κ2) is 5.65. The Morgan fingerprint density at radius 2 is 2.33 bits per heavy atom. The smallest absolute Gasteiger partial charge is 0.323 e. The molecule has 1 unspecified atom stereocenters. The highest BCUT2D eigenvalue weighted by atomic mass is 32.2. The van der Waals surface area contributed by atoms with Crippen molar-refractivity contribution >= 4 is 23.4 Å². The molecule has 1 aliphatic rings. The van der Waals surface area contributed by atoms with Gasteiger partial charge in [0.2, 0.25) is 0 Å². The standard InChI is InChI=1S/C14H18N4O2S/c1-14(12(19)20,15-10-5-6-10)7-9-21-13-17-16-11-4-2-3-8-18(11)13/h2-4,8,10,15H,5-7,9H2,1H3,(H,19,20). The second-order valence-corrected chi connectivity index (χ2v) is 6.63. The third-order valence-electron chi connectivity index (χ3n) is 3.69. The molecule has 0 aromatic carbocycles. The lowest BCUT2D eigenvalue weighted by molar-refractivity contribution is -0.144. The molecule has 1 saturated carbocycles. The van der Waals surface area contributed by atoms with Crippen LogP contribution in [-0.2, 0) is 4.79 Å². The van der Waals surface area contributed by atoms with Gasteiger partial charge in [-0.2, -0.15) is 0 Å². The first kappa shape index (κ1) is 14.3. The Bertz CT molecular complexity index is 655. The van der Waals surface area contributed by atoms with Crippen molar-refractivity contribution in [1.29, 1.82) is 0 Å². The number of carboxylic acid groups (broad SMARTS) is 1. The van der Waals surface area contributed by atoms with E-state index >= 15 is 0 Å². The predicted octanol–water partition coefficient (Wildman–Crippen LogP) is 1.81. The molecule has 1 aliphatic carbocycles. The zero-order chi connectivity index (χ0) is 14.9. The number of aliphatic carboxylic acids is 1. The number of thioether (sulfide) groups is 1. The molecule has 2 heterocycles. The van der Waals surface area contributed by atoms with E-state index in [0.29, 0.717) is 18.2 Å². The summed E-state index contributed by atoms with van der Waals surface area (Å²) in [5, 5.41) is 21.7. The summed E-state index contributed by atoms with van der Waals surface area (Å²) in [6.07, 6.45) is 4.61. The Balaban J connectivity index is 1.62. The zero-order valence-corrected chi connectivity index (χ0v) is 12.6. The first-order chi connectivity index (χ1) is 10.1. The van der Waals surface area contributed by atoms with E-state index in [1.165, 1.54) is 11.8 Å². The van der Waals surface area contributed by atoms with E-state index in [4.69, 9.17) is 0 Å². The van der Waals surface area contributed by atoms with Crippen molar-refractivity contribution in [2.75, 3.05) is 5.75 Å². The molecule has 2 N–H and O–H groups in total. The Morgan fingerprint density at radius 3 is 3.05 bits per heavy atom. The molecular weight excluding hydrogens is 288 g/mol. The molecule has 2 aromatic heterocycles. The van der Waals surface area contributed by atoms with Crippen molar-refractivity contribution in [3.63, 3.8) is 0 Å². The third-order valence-corrected chi connectivity index (χ3v) is 4.63. The molecule has 0 spiro atoms. The molecule has 112 valence electrons. The van der Waals surface area contributed by atoms with Crippen molar-refractivity contribution in [3.8, 4) is 0 Å². The maximum absolute atomic E-state index is 11.5. The van der Waals surface area contributed by atoms with E-state index in [-0.39, 0.29) is 0 Å². The van der Waals surface area contributed by atoms with Gasteiger partial charge in [0, 0.05) is 18.0 Å². The number of nitrogens with zero attached hydrogens (tertiary/aromatic N) is 3. The Morgan fingerprint density at radius 1 is 1.52 bits per heavy atom. The van der Waals surface area contributed by atoms with E-state index in [0.717, 1.165) is 23.6 Å². The number of hydrogen-bond donors (Lipinski definition) is 2. The van der Waals surface area contributed by atoms with Gasteiger partial charge in [0.15, 0.2) is 10.8 Å². The first-order valence-electron chi connectivity index (χ1n) is 7.02. The van der Waals surface area contributed by atoms with Gasteiger partial charge in [-0.1, -0.05) is 17.8 Å². The highest BCUT2D eigenvalue weighted by Gasteiger charge is 2.38. The number of fused-ring (bicyclic) bond motifs is 1. The molecule has 1 atom stereocenters. The summed E-state index contributed by atoms with van der Waals surface area (Å²) in [7, 11) is 0. The number of rotatable bonds is 7. The summed E-state index contributed by atoms with van der Waals surface area (Å²) < 4.78 is 1.91. The molecule has 7 heteroatoms. The van der Waals surface area contributed by atoms with E-state index in [9.17, 15) is 9.90 Å². The van der Waals surface area contributed by atoms with Gasteiger partial charge in [0.05, 0.1) is 0 Å².